The lowest BCUT2D eigenvalue weighted by molar-refractivity contribution is -0.142. The predicted octanol–water partition coefficient (Wildman–Crippen LogP) is 3.21. The summed E-state index contributed by atoms with van der Waals surface area (Å²) >= 11 is 0. The molecule has 1 aromatic heterocycles. The Hall–Kier alpha value is -3.82. The molecule has 35 heavy (non-hydrogen) atoms. The summed E-state index contributed by atoms with van der Waals surface area (Å²) < 4.78 is 18.4. The number of nitrogens with zero attached hydrogens (tertiary/aromatic N) is 5. The first-order valence-corrected chi connectivity index (χ1v) is 11.4. The van der Waals surface area contributed by atoms with E-state index >= 15 is 0 Å². The number of nitrogens with one attached hydrogen (secondary N) is 1. The van der Waals surface area contributed by atoms with Crippen LogP contribution in [0.15, 0.2) is 48.5 Å². The number of rotatable bonds is 9. The lowest BCUT2D eigenvalue weighted by atomic mass is 10.1. The van der Waals surface area contributed by atoms with Gasteiger partial charge in [-0.15, -0.1) is 10.2 Å². The molecular formula is C25H31FN6O3. The van der Waals surface area contributed by atoms with Gasteiger partial charge in [-0.3, -0.25) is 9.59 Å². The second-order valence-electron chi connectivity index (χ2n) is 9.18. The molecule has 0 spiro atoms. The van der Waals surface area contributed by atoms with Gasteiger partial charge in [0.2, 0.25) is 17.6 Å². The lowest BCUT2D eigenvalue weighted by Gasteiger charge is -2.33. The van der Waals surface area contributed by atoms with E-state index in [1.807, 2.05) is 52.0 Å². The number of aromatic nitrogens is 4. The summed E-state index contributed by atoms with van der Waals surface area (Å²) in [6.45, 7) is 7.56. The minimum Gasteiger partial charge on any atom is -0.497 e. The maximum absolute atomic E-state index is 13.4. The first-order valence-electron chi connectivity index (χ1n) is 11.4. The minimum absolute atomic E-state index is 0.205. The summed E-state index contributed by atoms with van der Waals surface area (Å²) in [5.74, 6) is 0.0335. The van der Waals surface area contributed by atoms with Crippen molar-refractivity contribution in [1.82, 2.24) is 30.4 Å². The average molecular weight is 483 g/mol. The SMILES string of the molecule is CC[C@@H](C(=O)NC(C)(C)C)N(Cc1ccc(OC)cc1)C(=O)Cn1nnc(-c2ccc(F)cc2)n1. The number of halogens is 1. The molecule has 0 bridgehead atoms. The van der Waals surface area contributed by atoms with Crippen molar-refractivity contribution in [2.45, 2.75) is 58.8 Å². The molecule has 0 unspecified atom stereocenters. The van der Waals surface area contributed by atoms with E-state index in [1.54, 1.807) is 19.2 Å². The molecule has 3 rings (SSSR count). The Bertz CT molecular complexity index is 1140. The molecule has 0 aliphatic rings. The molecule has 0 aliphatic heterocycles. The number of amides is 2. The maximum Gasteiger partial charge on any atom is 0.247 e. The highest BCUT2D eigenvalue weighted by molar-refractivity contribution is 5.88. The number of hydrogen-bond acceptors (Lipinski definition) is 6. The molecule has 0 saturated carbocycles. The summed E-state index contributed by atoms with van der Waals surface area (Å²) in [4.78, 5) is 29.2. The van der Waals surface area contributed by atoms with Gasteiger partial charge in [-0.1, -0.05) is 19.1 Å². The van der Waals surface area contributed by atoms with Crippen LogP contribution in [0.25, 0.3) is 11.4 Å². The van der Waals surface area contributed by atoms with E-state index in [4.69, 9.17) is 4.74 Å². The van der Waals surface area contributed by atoms with Gasteiger partial charge in [-0.25, -0.2) is 4.39 Å². The van der Waals surface area contributed by atoms with Crippen LogP contribution in [0.1, 0.15) is 39.7 Å². The van der Waals surface area contributed by atoms with Crippen molar-refractivity contribution in [2.24, 2.45) is 0 Å². The van der Waals surface area contributed by atoms with E-state index in [0.717, 1.165) is 5.56 Å². The van der Waals surface area contributed by atoms with Crippen molar-refractivity contribution in [2.75, 3.05) is 7.11 Å². The number of carbonyl (C=O) groups is 2. The van der Waals surface area contributed by atoms with E-state index < -0.39 is 11.6 Å². The third-order valence-corrected chi connectivity index (χ3v) is 5.23. The molecule has 0 radical (unpaired) electrons. The van der Waals surface area contributed by atoms with Crippen LogP contribution in [0.4, 0.5) is 4.39 Å². The molecule has 0 aliphatic carbocycles. The van der Waals surface area contributed by atoms with Crippen molar-refractivity contribution in [1.29, 1.82) is 0 Å². The number of tetrazole rings is 1. The van der Waals surface area contributed by atoms with Gasteiger partial charge in [0.1, 0.15) is 24.2 Å². The Morgan fingerprint density at radius 2 is 1.77 bits per heavy atom. The van der Waals surface area contributed by atoms with E-state index in [0.29, 0.717) is 17.7 Å². The maximum atomic E-state index is 13.4. The zero-order valence-corrected chi connectivity index (χ0v) is 20.7. The smallest absolute Gasteiger partial charge is 0.247 e. The molecule has 1 atom stereocenters. The quantitative estimate of drug-likeness (QED) is 0.503. The average Bonchev–Trinajstić information content (AvgIpc) is 3.27. The van der Waals surface area contributed by atoms with Crippen LogP contribution in [0.3, 0.4) is 0 Å². The lowest BCUT2D eigenvalue weighted by Crippen LogP contribution is -2.54. The number of ether oxygens (including phenoxy) is 1. The van der Waals surface area contributed by atoms with Gasteiger partial charge in [0.25, 0.3) is 0 Å². The van der Waals surface area contributed by atoms with Crippen LogP contribution in [-0.2, 0) is 22.7 Å². The normalized spacial score (nSPS) is 12.2. The second-order valence-corrected chi connectivity index (χ2v) is 9.18. The highest BCUT2D eigenvalue weighted by Gasteiger charge is 2.31. The molecule has 1 N–H and O–H groups in total. The minimum atomic E-state index is -0.691. The highest BCUT2D eigenvalue weighted by atomic mass is 19.1. The first kappa shape index (κ1) is 25.8. The molecule has 9 nitrogen and oxygen atoms in total. The van der Waals surface area contributed by atoms with Gasteiger partial charge >= 0.3 is 0 Å². The fraction of sp³-hybridized carbons (Fsp3) is 0.400. The van der Waals surface area contributed by atoms with Crippen LogP contribution in [0.2, 0.25) is 0 Å². The van der Waals surface area contributed by atoms with E-state index in [2.05, 4.69) is 20.7 Å². The molecular weight excluding hydrogens is 451 g/mol. The number of carbonyl (C=O) groups excluding carboxylic acids is 2. The standard InChI is InChI=1S/C25H31FN6O3/c1-6-21(24(34)27-25(2,3)4)31(15-17-7-13-20(35-5)14-8-17)22(33)16-32-29-23(28-30-32)18-9-11-19(26)12-10-18/h7-14,21H,6,15-16H2,1-5H3,(H,27,34)/t21-/m0/s1. The van der Waals surface area contributed by atoms with Gasteiger partial charge in [-0.2, -0.15) is 4.80 Å². The van der Waals surface area contributed by atoms with Gasteiger partial charge in [0, 0.05) is 17.6 Å². The van der Waals surface area contributed by atoms with Crippen molar-refractivity contribution >= 4 is 11.8 Å². The van der Waals surface area contributed by atoms with E-state index in [9.17, 15) is 14.0 Å². The predicted molar refractivity (Wildman–Crippen MR) is 129 cm³/mol. The largest absolute Gasteiger partial charge is 0.497 e. The Labute approximate surface area is 204 Å². The van der Waals surface area contributed by atoms with Crippen LogP contribution in [0, 0.1) is 5.82 Å². The molecule has 1 heterocycles. The zero-order chi connectivity index (χ0) is 25.6. The summed E-state index contributed by atoms with van der Waals surface area (Å²) in [5, 5.41) is 15.2. The highest BCUT2D eigenvalue weighted by Crippen LogP contribution is 2.18. The summed E-state index contributed by atoms with van der Waals surface area (Å²) in [5.41, 5.74) is 0.979. The van der Waals surface area contributed by atoms with Crippen molar-refractivity contribution in [3.05, 3.63) is 59.9 Å². The van der Waals surface area contributed by atoms with Gasteiger partial charge in [0.05, 0.1) is 7.11 Å². The molecule has 10 heteroatoms. The van der Waals surface area contributed by atoms with Crippen LogP contribution >= 0.6 is 0 Å². The molecule has 0 saturated heterocycles. The van der Waals surface area contributed by atoms with E-state index in [1.165, 1.54) is 21.8 Å². The zero-order valence-electron chi connectivity index (χ0n) is 20.7. The number of hydrogen-bond donors (Lipinski definition) is 1. The number of methoxy groups -OCH3 is 1. The molecule has 2 amide bonds. The van der Waals surface area contributed by atoms with Gasteiger partial charge in [0.15, 0.2) is 0 Å². The van der Waals surface area contributed by atoms with Crippen LogP contribution in [0.5, 0.6) is 5.75 Å². The van der Waals surface area contributed by atoms with Crippen LogP contribution < -0.4 is 10.1 Å². The Kier molecular flexibility index (Phi) is 8.16. The topological polar surface area (TPSA) is 102 Å². The first-order chi connectivity index (χ1) is 16.6. The summed E-state index contributed by atoms with van der Waals surface area (Å²) in [6.07, 6.45) is 0.426. The van der Waals surface area contributed by atoms with Crippen molar-refractivity contribution < 1.29 is 18.7 Å². The summed E-state index contributed by atoms with van der Waals surface area (Å²) in [7, 11) is 1.58. The van der Waals surface area contributed by atoms with Crippen LogP contribution in [-0.4, -0.2) is 55.6 Å². The summed E-state index contributed by atoms with van der Waals surface area (Å²) in [6, 6.07) is 12.3. The Balaban J connectivity index is 1.84. The Morgan fingerprint density at radius 3 is 2.34 bits per heavy atom. The third-order valence-electron chi connectivity index (χ3n) is 5.23. The molecule has 2 aromatic carbocycles. The fourth-order valence-corrected chi connectivity index (χ4v) is 3.54. The number of benzene rings is 2. The Morgan fingerprint density at radius 1 is 1.11 bits per heavy atom. The van der Waals surface area contributed by atoms with E-state index in [-0.39, 0.29) is 36.5 Å². The second kappa shape index (κ2) is 11.1. The fourth-order valence-electron chi connectivity index (χ4n) is 3.54. The monoisotopic (exact) mass is 482 g/mol. The molecule has 0 fully saturated rings. The van der Waals surface area contributed by atoms with Gasteiger partial charge < -0.3 is 15.0 Å². The van der Waals surface area contributed by atoms with Crippen molar-refractivity contribution in [3.63, 3.8) is 0 Å². The molecule has 186 valence electrons. The van der Waals surface area contributed by atoms with Gasteiger partial charge in [-0.05, 0) is 74.4 Å². The van der Waals surface area contributed by atoms with Crippen molar-refractivity contribution in [3.8, 4) is 17.1 Å². The molecule has 3 aromatic rings. The third kappa shape index (κ3) is 7.08.